The van der Waals surface area contributed by atoms with Gasteiger partial charge in [0.1, 0.15) is 33.5 Å². The van der Waals surface area contributed by atoms with Crippen LogP contribution < -0.4 is 15.6 Å². The highest BCUT2D eigenvalue weighted by Gasteiger charge is 2.21. The maximum atomic E-state index is 14.6. The van der Waals surface area contributed by atoms with Crippen LogP contribution in [-0.2, 0) is 17.0 Å². The summed E-state index contributed by atoms with van der Waals surface area (Å²) >= 11 is 0. The number of allylic oxidation sites excluding steroid dienone is 2. The Morgan fingerprint density at radius 2 is 1.97 bits per heavy atom. The lowest BCUT2D eigenvalue weighted by atomic mass is 10.0. The third-order valence-electron chi connectivity index (χ3n) is 5.26. The molecule has 12 heteroatoms. The lowest BCUT2D eigenvalue weighted by molar-refractivity contribution is 0.146. The van der Waals surface area contributed by atoms with E-state index in [0.717, 1.165) is 11.5 Å². The smallest absolute Gasteiger partial charge is 0.266 e. The van der Waals surface area contributed by atoms with E-state index in [9.17, 15) is 22.2 Å². The summed E-state index contributed by atoms with van der Waals surface area (Å²) in [7, 11) is -1.58. The van der Waals surface area contributed by atoms with Gasteiger partial charge in [-0.15, -0.1) is 0 Å². The molecule has 0 saturated carbocycles. The van der Waals surface area contributed by atoms with Crippen molar-refractivity contribution >= 4 is 32.3 Å². The summed E-state index contributed by atoms with van der Waals surface area (Å²) in [6.07, 6.45) is 1.03. The maximum Gasteiger partial charge on any atom is 0.266 e. The largest absolute Gasteiger partial charge is 0.363 e. The molecule has 8 nitrogen and oxygen atoms in total. The first kappa shape index (κ1) is 22.5. The molecule has 0 spiro atoms. The predicted octanol–water partition coefficient (Wildman–Crippen LogP) is 4.00. The van der Waals surface area contributed by atoms with Crippen LogP contribution in [0.1, 0.15) is 36.1 Å². The van der Waals surface area contributed by atoms with Gasteiger partial charge in [-0.2, -0.15) is 0 Å². The van der Waals surface area contributed by atoms with Crippen molar-refractivity contribution in [2.24, 2.45) is 7.05 Å². The summed E-state index contributed by atoms with van der Waals surface area (Å²) < 4.78 is 63.9. The molecule has 1 aliphatic rings. The van der Waals surface area contributed by atoms with Gasteiger partial charge in [-0.25, -0.2) is 32.1 Å². The Morgan fingerprint density at radius 3 is 2.64 bits per heavy atom. The molecule has 3 aromatic rings. The van der Waals surface area contributed by atoms with E-state index in [-0.39, 0.29) is 22.5 Å². The topological polar surface area (TPSA) is 113 Å². The number of benzene rings is 1. The van der Waals surface area contributed by atoms with Crippen LogP contribution in [0.25, 0.3) is 16.6 Å². The second-order valence-corrected chi connectivity index (χ2v) is 9.13. The minimum atomic E-state index is -3.10. The molecular weight excluding hydrogens is 457 g/mol. The molecule has 0 fully saturated rings. The van der Waals surface area contributed by atoms with Crippen LogP contribution in [0.4, 0.5) is 19.0 Å². The van der Waals surface area contributed by atoms with Crippen LogP contribution in [0, 0.1) is 10.6 Å². The normalized spacial score (nSPS) is 18.8. The molecule has 1 aromatic carbocycles. The van der Waals surface area contributed by atoms with E-state index >= 15 is 0 Å². The van der Waals surface area contributed by atoms with Crippen molar-refractivity contribution in [2.45, 2.75) is 19.4 Å². The number of nitrogens with zero attached hydrogens (tertiary/aromatic N) is 3. The number of pyridine rings is 1. The molecule has 3 heterocycles. The fourth-order valence-corrected chi connectivity index (χ4v) is 4.24. The van der Waals surface area contributed by atoms with Gasteiger partial charge in [-0.1, -0.05) is 18.2 Å². The first-order valence-corrected chi connectivity index (χ1v) is 11.3. The van der Waals surface area contributed by atoms with E-state index < -0.39 is 33.8 Å². The minimum absolute atomic E-state index is 0.0388. The van der Waals surface area contributed by atoms with Crippen molar-refractivity contribution in [3.8, 4) is 0 Å². The van der Waals surface area contributed by atoms with E-state index in [0.29, 0.717) is 16.6 Å². The number of nitrogens with one attached hydrogen (secondary N) is 3. The summed E-state index contributed by atoms with van der Waals surface area (Å²) in [6.45, 7) is 1.60. The van der Waals surface area contributed by atoms with E-state index in [2.05, 4.69) is 20.0 Å². The third-order valence-corrected chi connectivity index (χ3v) is 6.24. The monoisotopic (exact) mass is 476 g/mol. The molecule has 0 amide bonds. The Balaban J connectivity index is 1.79. The molecule has 172 valence electrons. The number of hydrogen-bond donors (Lipinski definition) is 3. The third kappa shape index (κ3) is 4.21. The SMILES string of the molecule is C[C@@H](Nc1ncnc2c1cc(C1=CNS(=N)(=O)C=C1)c(=O)n2C)c1cccc(C(F)F)c1F. The lowest BCUT2D eigenvalue weighted by Crippen LogP contribution is -2.24. The Bertz CT molecular complexity index is 1480. The quantitative estimate of drug-likeness (QED) is 0.515. The van der Waals surface area contributed by atoms with Gasteiger partial charge < -0.3 is 10.0 Å². The molecule has 0 radical (unpaired) electrons. The zero-order valence-corrected chi connectivity index (χ0v) is 18.3. The van der Waals surface area contributed by atoms with Crippen molar-refractivity contribution in [3.05, 3.63) is 81.1 Å². The van der Waals surface area contributed by atoms with Gasteiger partial charge in [-0.3, -0.25) is 9.36 Å². The molecule has 1 aliphatic heterocycles. The Morgan fingerprint density at radius 1 is 1.24 bits per heavy atom. The molecule has 3 N–H and O–H groups in total. The average molecular weight is 476 g/mol. The van der Waals surface area contributed by atoms with Gasteiger partial charge in [0.2, 0.25) is 0 Å². The molecule has 2 aromatic heterocycles. The fourth-order valence-electron chi connectivity index (χ4n) is 3.52. The number of alkyl halides is 2. The van der Waals surface area contributed by atoms with Crippen molar-refractivity contribution < 1.29 is 17.4 Å². The fraction of sp³-hybridized carbons (Fsp3) is 0.190. The first-order chi connectivity index (χ1) is 15.6. The Kier molecular flexibility index (Phi) is 5.70. The van der Waals surface area contributed by atoms with E-state index in [1.807, 2.05) is 0 Å². The number of rotatable bonds is 5. The van der Waals surface area contributed by atoms with Crippen LogP contribution >= 0.6 is 0 Å². The Labute approximate surface area is 187 Å². The standard InChI is InChI=1S/C21H19F3N6O2S/c1-11(13-4-3-5-14(17(13)22)18(23)24)29-19-16-8-15(12-6-7-33(25,32)28-9-12)21(31)30(2)20(16)27-10-26-19/h3-11,18H,1-2H3,(H2,25,28,32)(H,26,27,29)/t11-,33?/m1/s1. The summed E-state index contributed by atoms with van der Waals surface area (Å²) in [5.74, 6) is -0.731. The molecule has 0 bridgehead atoms. The van der Waals surface area contributed by atoms with E-state index in [4.69, 9.17) is 4.78 Å². The van der Waals surface area contributed by atoms with Crippen molar-refractivity contribution in [1.29, 1.82) is 4.78 Å². The second-order valence-electron chi connectivity index (χ2n) is 7.42. The van der Waals surface area contributed by atoms with Gasteiger partial charge in [0.05, 0.1) is 17.0 Å². The van der Waals surface area contributed by atoms with Crippen LogP contribution in [0.15, 0.2) is 53.1 Å². The Hall–Kier alpha value is -3.67. The van der Waals surface area contributed by atoms with Gasteiger partial charge in [0.15, 0.2) is 0 Å². The second kappa shape index (κ2) is 8.35. The van der Waals surface area contributed by atoms with Crippen LogP contribution in [0.3, 0.4) is 0 Å². The van der Waals surface area contributed by atoms with Crippen LogP contribution in [-0.4, -0.2) is 18.7 Å². The number of aromatic nitrogens is 3. The summed E-state index contributed by atoms with van der Waals surface area (Å²) in [6, 6.07) is 4.61. The first-order valence-electron chi connectivity index (χ1n) is 9.71. The van der Waals surface area contributed by atoms with E-state index in [1.54, 1.807) is 6.92 Å². The molecule has 1 unspecified atom stereocenters. The highest BCUT2D eigenvalue weighted by molar-refractivity contribution is 7.93. The van der Waals surface area contributed by atoms with E-state index in [1.165, 1.54) is 48.4 Å². The highest BCUT2D eigenvalue weighted by Crippen LogP contribution is 2.30. The predicted molar refractivity (Wildman–Crippen MR) is 119 cm³/mol. The number of fused-ring (bicyclic) bond motifs is 1. The van der Waals surface area contributed by atoms with Crippen LogP contribution in [0.5, 0.6) is 0 Å². The zero-order chi connectivity index (χ0) is 23.9. The molecular formula is C21H19F3N6O2S. The number of anilines is 1. The average Bonchev–Trinajstić information content (AvgIpc) is 2.76. The zero-order valence-electron chi connectivity index (χ0n) is 17.5. The summed E-state index contributed by atoms with van der Waals surface area (Å²) in [5, 5.41) is 4.61. The van der Waals surface area contributed by atoms with Crippen molar-refractivity contribution in [3.63, 3.8) is 0 Å². The van der Waals surface area contributed by atoms with Gasteiger partial charge in [0.25, 0.3) is 12.0 Å². The molecule has 2 atom stereocenters. The summed E-state index contributed by atoms with van der Waals surface area (Å²) in [5.41, 5.74) is -0.0908. The molecule has 0 saturated heterocycles. The maximum absolute atomic E-state index is 14.6. The number of halogens is 3. The molecule has 4 rings (SSSR count). The molecule has 33 heavy (non-hydrogen) atoms. The van der Waals surface area contributed by atoms with Gasteiger partial charge in [-0.05, 0) is 19.1 Å². The van der Waals surface area contributed by atoms with Gasteiger partial charge in [0, 0.05) is 35.4 Å². The minimum Gasteiger partial charge on any atom is -0.363 e. The molecule has 0 aliphatic carbocycles. The van der Waals surface area contributed by atoms with Gasteiger partial charge >= 0.3 is 0 Å². The number of hydrogen-bond acceptors (Lipinski definition) is 6. The highest BCUT2D eigenvalue weighted by atomic mass is 32.2. The lowest BCUT2D eigenvalue weighted by Gasteiger charge is -2.19. The summed E-state index contributed by atoms with van der Waals surface area (Å²) in [4.78, 5) is 21.2. The van der Waals surface area contributed by atoms with Crippen molar-refractivity contribution in [1.82, 2.24) is 19.3 Å². The van der Waals surface area contributed by atoms with Crippen molar-refractivity contribution in [2.75, 3.05) is 5.32 Å². The number of aryl methyl sites for hydroxylation is 1. The van der Waals surface area contributed by atoms with Crippen LogP contribution in [0.2, 0.25) is 0 Å².